The zero-order valence-corrected chi connectivity index (χ0v) is 23.8. The van der Waals surface area contributed by atoms with Crippen LogP contribution in [0.25, 0.3) is 0 Å². The molecular formula is C27H25F10N5O2S. The van der Waals surface area contributed by atoms with Crippen molar-refractivity contribution in [3.05, 3.63) is 53.9 Å². The third-order valence-corrected chi connectivity index (χ3v) is 9.51. The Balaban J connectivity index is 1.66. The Morgan fingerprint density at radius 2 is 1.69 bits per heavy atom. The maximum atomic E-state index is 14.2. The molecule has 7 nitrogen and oxygen atoms in total. The molecule has 45 heavy (non-hydrogen) atoms. The molecule has 1 unspecified atom stereocenters. The Kier molecular flexibility index (Phi) is 7.34. The Labute approximate surface area is 249 Å². The van der Waals surface area contributed by atoms with E-state index in [1.807, 2.05) is 0 Å². The zero-order valence-electron chi connectivity index (χ0n) is 23.0. The summed E-state index contributed by atoms with van der Waals surface area (Å²) in [5.74, 6) is -6.10. The molecule has 2 aromatic rings. The Bertz CT molecular complexity index is 1540. The zero-order chi connectivity index (χ0) is 33.2. The molecule has 0 radical (unpaired) electrons. The second-order valence-corrected chi connectivity index (χ2v) is 13.9. The van der Waals surface area contributed by atoms with Gasteiger partial charge in [-0.2, -0.15) is 18.4 Å². The highest BCUT2D eigenvalue weighted by Gasteiger charge is 2.65. The molecule has 3 aliphatic rings. The van der Waals surface area contributed by atoms with Crippen molar-refractivity contribution in [2.24, 2.45) is 11.8 Å². The van der Waals surface area contributed by atoms with Crippen LogP contribution in [0.15, 0.2) is 47.6 Å². The van der Waals surface area contributed by atoms with E-state index in [0.29, 0.717) is 35.7 Å². The molecule has 5 rings (SSSR count). The number of anilines is 1. The first-order valence-corrected chi connectivity index (χ1v) is 15.6. The Morgan fingerprint density at radius 3 is 2.24 bits per heavy atom. The van der Waals surface area contributed by atoms with Gasteiger partial charge in [-0.1, -0.05) is 19.4 Å². The molecule has 1 N–H and O–H groups in total. The summed E-state index contributed by atoms with van der Waals surface area (Å²) >= 11 is 0. The van der Waals surface area contributed by atoms with Crippen LogP contribution in [-0.4, -0.2) is 46.2 Å². The Hall–Kier alpha value is -3.75. The molecular weight excluding hydrogens is 648 g/mol. The molecule has 0 spiro atoms. The van der Waals surface area contributed by atoms with Crippen LogP contribution in [0.4, 0.5) is 47.1 Å². The molecule has 1 aliphatic heterocycles. The number of alkyl halides is 5. The van der Waals surface area contributed by atoms with Gasteiger partial charge < -0.3 is 5.32 Å². The highest BCUT2D eigenvalue weighted by atomic mass is 32.5. The molecule has 3 fully saturated rings. The molecule has 1 saturated heterocycles. The van der Waals surface area contributed by atoms with Gasteiger partial charge in [0.05, 0.1) is 5.56 Å². The average Bonchev–Trinajstić information content (AvgIpc) is 3.59. The first-order valence-electron chi connectivity index (χ1n) is 13.6. The summed E-state index contributed by atoms with van der Waals surface area (Å²) in [7, 11) is -10.2. The number of amides is 2. The van der Waals surface area contributed by atoms with Gasteiger partial charge in [-0.15, -0.1) is 0 Å². The molecule has 1 aromatic carbocycles. The topological polar surface area (TPSA) is 89.3 Å². The van der Waals surface area contributed by atoms with E-state index in [1.165, 1.54) is 0 Å². The van der Waals surface area contributed by atoms with Crippen molar-refractivity contribution < 1.29 is 51.0 Å². The van der Waals surface area contributed by atoms with Gasteiger partial charge in [0, 0.05) is 49.1 Å². The van der Waals surface area contributed by atoms with Gasteiger partial charge in [0.1, 0.15) is 17.0 Å². The number of hydrogen-bond acceptors (Lipinski definition) is 5. The van der Waals surface area contributed by atoms with Crippen LogP contribution in [-0.2, 0) is 15.8 Å². The molecule has 2 heterocycles. The lowest BCUT2D eigenvalue weighted by Gasteiger charge is -2.41. The first-order chi connectivity index (χ1) is 20.6. The number of likely N-dealkylation sites (tertiary alicyclic amines) is 1. The third kappa shape index (κ3) is 6.77. The number of piperidine rings is 1. The number of carbonyl (C=O) groups is 2. The van der Waals surface area contributed by atoms with Crippen molar-refractivity contribution in [3.63, 3.8) is 0 Å². The van der Waals surface area contributed by atoms with Crippen LogP contribution >= 0.6 is 10.2 Å². The lowest BCUT2D eigenvalue weighted by Crippen LogP contribution is -2.53. The standard InChI is InChI=1S/C27H25F10N5O2S/c28-26(29)8-5-16(6-9-26)40-24(43)22(20-12-39-10-7-21(20)27(30,31)32)42(25(44)23-19-11-15(19)13-41(23)14-38)17-1-3-18(4-2-17)45(33,34,35,36)37/h1-4,7,10,12,15-16,19,22-23H,5-6,8-9,11,13H2,(H,40,43)/t15-,19-,22?,23-/m1/s1. The van der Waals surface area contributed by atoms with E-state index < -0.39 is 92.7 Å². The molecule has 2 amide bonds. The number of pyridine rings is 1. The predicted octanol–water partition coefficient (Wildman–Crippen LogP) is 7.33. The molecule has 1 aromatic heterocycles. The lowest BCUT2D eigenvalue weighted by molar-refractivity contribution is -0.139. The number of carbonyl (C=O) groups excluding carboxylic acids is 2. The van der Waals surface area contributed by atoms with Crippen LogP contribution in [0.1, 0.15) is 49.3 Å². The van der Waals surface area contributed by atoms with E-state index in [1.54, 1.807) is 6.19 Å². The minimum Gasteiger partial charge on any atom is -0.351 e. The summed E-state index contributed by atoms with van der Waals surface area (Å²) in [6, 6.07) is -3.37. The van der Waals surface area contributed by atoms with Gasteiger partial charge in [0.15, 0.2) is 6.19 Å². The molecule has 2 aliphatic carbocycles. The monoisotopic (exact) mass is 673 g/mol. The fourth-order valence-corrected chi connectivity index (χ4v) is 6.69. The van der Waals surface area contributed by atoms with Crippen LogP contribution in [0.5, 0.6) is 0 Å². The largest absolute Gasteiger partial charge is 0.416 e. The SMILES string of the molecule is N#CN1C[C@H]2C[C@H]2[C@@H]1C(=O)N(c1ccc(S(F)(F)(F)(F)F)cc1)C(C(=O)NC1CCC(F)(F)CC1)c1cnccc1C(F)(F)F. The lowest BCUT2D eigenvalue weighted by atomic mass is 9.91. The number of benzene rings is 1. The van der Waals surface area contributed by atoms with Crippen molar-refractivity contribution in [2.45, 2.75) is 67.2 Å². The number of aromatic nitrogens is 1. The van der Waals surface area contributed by atoms with E-state index in [0.717, 1.165) is 11.1 Å². The van der Waals surface area contributed by atoms with Gasteiger partial charge in [-0.25, -0.2) is 8.78 Å². The summed E-state index contributed by atoms with van der Waals surface area (Å²) in [5, 5.41) is 12.0. The molecule has 2 saturated carbocycles. The van der Waals surface area contributed by atoms with Crippen molar-refractivity contribution in [1.29, 1.82) is 5.26 Å². The fourth-order valence-electron chi connectivity index (χ4n) is 6.04. The minimum atomic E-state index is -10.2. The smallest absolute Gasteiger partial charge is 0.351 e. The third-order valence-electron chi connectivity index (χ3n) is 8.35. The number of hydrogen-bond donors (Lipinski definition) is 1. The number of nitrogens with one attached hydrogen (secondary N) is 1. The Morgan fingerprint density at radius 1 is 1.07 bits per heavy atom. The first kappa shape index (κ1) is 32.6. The van der Waals surface area contributed by atoms with Gasteiger partial charge in [0.2, 0.25) is 11.8 Å². The van der Waals surface area contributed by atoms with Crippen LogP contribution in [0.2, 0.25) is 0 Å². The molecule has 246 valence electrons. The van der Waals surface area contributed by atoms with Crippen molar-refractivity contribution in [3.8, 4) is 6.19 Å². The highest BCUT2D eigenvalue weighted by Crippen LogP contribution is 3.02. The fraction of sp³-hybridized carbons (Fsp3) is 0.481. The second-order valence-electron chi connectivity index (χ2n) is 11.5. The normalized spacial score (nSPS) is 25.3. The van der Waals surface area contributed by atoms with Crippen molar-refractivity contribution in [2.75, 3.05) is 11.4 Å². The maximum Gasteiger partial charge on any atom is 0.416 e. The number of nitrogens with zero attached hydrogens (tertiary/aromatic N) is 4. The van der Waals surface area contributed by atoms with E-state index >= 15 is 0 Å². The number of halogens is 10. The summed E-state index contributed by atoms with van der Waals surface area (Å²) < 4.78 is 138. The predicted molar refractivity (Wildman–Crippen MR) is 140 cm³/mol. The molecule has 0 bridgehead atoms. The number of rotatable bonds is 7. The van der Waals surface area contributed by atoms with E-state index in [-0.39, 0.29) is 37.4 Å². The van der Waals surface area contributed by atoms with Gasteiger partial charge in [0.25, 0.3) is 5.91 Å². The highest BCUT2D eigenvalue weighted by molar-refractivity contribution is 8.45. The van der Waals surface area contributed by atoms with E-state index in [4.69, 9.17) is 0 Å². The quantitative estimate of drug-likeness (QED) is 0.246. The summed E-state index contributed by atoms with van der Waals surface area (Å²) in [6.45, 7) is 0.0996. The molecule has 4 atom stereocenters. The van der Waals surface area contributed by atoms with Crippen molar-refractivity contribution in [1.82, 2.24) is 15.2 Å². The van der Waals surface area contributed by atoms with E-state index in [2.05, 4.69) is 10.3 Å². The van der Waals surface area contributed by atoms with Crippen molar-refractivity contribution >= 4 is 27.7 Å². The van der Waals surface area contributed by atoms with Gasteiger partial charge >= 0.3 is 16.4 Å². The number of fused-ring (bicyclic) bond motifs is 1. The average molecular weight is 674 g/mol. The number of nitriles is 1. The van der Waals surface area contributed by atoms with Crippen LogP contribution in [0, 0.1) is 23.3 Å². The summed E-state index contributed by atoms with van der Waals surface area (Å²) in [4.78, 5) is 30.9. The summed E-state index contributed by atoms with van der Waals surface area (Å²) in [5.41, 5.74) is -3.01. The minimum absolute atomic E-state index is 0.0557. The van der Waals surface area contributed by atoms with Gasteiger partial charge in [-0.3, -0.25) is 24.4 Å². The molecule has 18 heteroatoms. The van der Waals surface area contributed by atoms with E-state index in [9.17, 15) is 56.2 Å². The summed E-state index contributed by atoms with van der Waals surface area (Å²) in [6.07, 6.45) is -3.36. The van der Waals surface area contributed by atoms with Gasteiger partial charge in [-0.05, 0) is 61.4 Å². The van der Waals surface area contributed by atoms with Crippen LogP contribution in [0.3, 0.4) is 0 Å². The van der Waals surface area contributed by atoms with Crippen LogP contribution < -0.4 is 10.2 Å². The second kappa shape index (κ2) is 10.1. The maximum absolute atomic E-state index is 14.2.